The van der Waals surface area contributed by atoms with Crippen LogP contribution in [0.1, 0.15) is 30.4 Å². The Bertz CT molecular complexity index is 953. The first-order valence-corrected chi connectivity index (χ1v) is 9.67. The van der Waals surface area contributed by atoms with Crippen LogP contribution in [0.25, 0.3) is 0 Å². The zero-order valence-electron chi connectivity index (χ0n) is 14.9. The standard InChI is InChI=1S/C21H18BrNO4/c1-3-14-17-15-10-12(22)6-9-16(15)27-21(26)18(17)20(25)23(19(14)24)13-7-4-11(2)5-8-13/h4-10,14,17-18H,3H2,1-2H3/t14-,17-,18-/m0/s1. The topological polar surface area (TPSA) is 63.7 Å². The number of imide groups is 1. The van der Waals surface area contributed by atoms with Gasteiger partial charge in [0.1, 0.15) is 11.7 Å². The first kappa shape index (κ1) is 17.9. The van der Waals surface area contributed by atoms with Crippen LogP contribution >= 0.6 is 15.9 Å². The van der Waals surface area contributed by atoms with Crippen molar-refractivity contribution in [1.82, 2.24) is 0 Å². The Kier molecular flexibility index (Phi) is 4.38. The van der Waals surface area contributed by atoms with E-state index in [1.54, 1.807) is 24.3 Å². The van der Waals surface area contributed by atoms with Gasteiger partial charge in [-0.3, -0.25) is 14.4 Å². The smallest absolute Gasteiger partial charge is 0.324 e. The highest BCUT2D eigenvalue weighted by molar-refractivity contribution is 9.10. The lowest BCUT2D eigenvalue weighted by molar-refractivity contribution is -0.151. The molecule has 2 aromatic rings. The molecule has 0 spiro atoms. The third kappa shape index (κ3) is 2.79. The van der Waals surface area contributed by atoms with Crippen LogP contribution in [-0.4, -0.2) is 17.8 Å². The normalized spacial score (nSPS) is 24.3. The van der Waals surface area contributed by atoms with Gasteiger partial charge >= 0.3 is 5.97 Å². The first-order chi connectivity index (χ1) is 12.9. The summed E-state index contributed by atoms with van der Waals surface area (Å²) in [5.41, 5.74) is 2.24. The number of amides is 2. The van der Waals surface area contributed by atoms with Crippen LogP contribution in [0.15, 0.2) is 46.9 Å². The lowest BCUT2D eigenvalue weighted by Gasteiger charge is -2.43. The molecule has 2 aliphatic heterocycles. The van der Waals surface area contributed by atoms with E-state index in [-0.39, 0.29) is 5.91 Å². The number of ether oxygens (including phenoxy) is 1. The minimum atomic E-state index is -1.02. The third-order valence-electron chi connectivity index (χ3n) is 5.34. The molecule has 3 atom stereocenters. The zero-order chi connectivity index (χ0) is 19.3. The van der Waals surface area contributed by atoms with Crippen LogP contribution in [0.5, 0.6) is 5.75 Å². The monoisotopic (exact) mass is 427 g/mol. The van der Waals surface area contributed by atoms with E-state index in [0.29, 0.717) is 17.9 Å². The van der Waals surface area contributed by atoms with Crippen molar-refractivity contribution in [2.75, 3.05) is 4.90 Å². The number of hydrogen-bond acceptors (Lipinski definition) is 4. The van der Waals surface area contributed by atoms with E-state index < -0.39 is 29.6 Å². The molecule has 27 heavy (non-hydrogen) atoms. The molecule has 5 nitrogen and oxygen atoms in total. The predicted octanol–water partition coefficient (Wildman–Crippen LogP) is 3.98. The number of halogens is 1. The van der Waals surface area contributed by atoms with Gasteiger partial charge < -0.3 is 4.74 Å². The lowest BCUT2D eigenvalue weighted by atomic mass is 9.70. The highest BCUT2D eigenvalue weighted by Gasteiger charge is 2.55. The molecule has 0 aromatic heterocycles. The van der Waals surface area contributed by atoms with E-state index in [0.717, 1.165) is 20.5 Å². The van der Waals surface area contributed by atoms with Crippen LogP contribution in [0.3, 0.4) is 0 Å². The second kappa shape index (κ2) is 6.60. The van der Waals surface area contributed by atoms with Gasteiger partial charge in [-0.15, -0.1) is 0 Å². The number of hydrogen-bond donors (Lipinski definition) is 0. The minimum Gasteiger partial charge on any atom is -0.426 e. The number of carbonyl (C=O) groups excluding carboxylic acids is 3. The highest BCUT2D eigenvalue weighted by atomic mass is 79.9. The number of esters is 1. The van der Waals surface area contributed by atoms with E-state index in [2.05, 4.69) is 15.9 Å². The second-order valence-electron chi connectivity index (χ2n) is 6.97. The average molecular weight is 428 g/mol. The Morgan fingerprint density at radius 1 is 1.04 bits per heavy atom. The average Bonchev–Trinajstić information content (AvgIpc) is 2.64. The summed E-state index contributed by atoms with van der Waals surface area (Å²) < 4.78 is 6.25. The maximum Gasteiger partial charge on any atom is 0.324 e. The van der Waals surface area contributed by atoms with Gasteiger partial charge in [0.25, 0.3) is 0 Å². The molecule has 1 saturated heterocycles. The summed E-state index contributed by atoms with van der Waals surface area (Å²) in [6.07, 6.45) is 0.523. The Morgan fingerprint density at radius 2 is 1.74 bits per heavy atom. The second-order valence-corrected chi connectivity index (χ2v) is 7.88. The molecule has 6 heteroatoms. The van der Waals surface area contributed by atoms with Crippen molar-refractivity contribution < 1.29 is 19.1 Å². The maximum absolute atomic E-state index is 13.2. The van der Waals surface area contributed by atoms with Crippen molar-refractivity contribution in [3.05, 3.63) is 58.1 Å². The molecule has 2 aromatic carbocycles. The quantitative estimate of drug-likeness (QED) is 0.314. The Hall–Kier alpha value is -2.47. The summed E-state index contributed by atoms with van der Waals surface area (Å²) in [4.78, 5) is 40.3. The van der Waals surface area contributed by atoms with Gasteiger partial charge in [0.2, 0.25) is 11.8 Å². The van der Waals surface area contributed by atoms with Crippen LogP contribution in [0.2, 0.25) is 0 Å². The summed E-state index contributed by atoms with van der Waals surface area (Å²) >= 11 is 3.43. The number of rotatable bonds is 2. The molecule has 2 amide bonds. The van der Waals surface area contributed by atoms with E-state index >= 15 is 0 Å². The van der Waals surface area contributed by atoms with Crippen molar-refractivity contribution in [3.63, 3.8) is 0 Å². The number of nitrogens with zero attached hydrogens (tertiary/aromatic N) is 1. The molecule has 0 bridgehead atoms. The maximum atomic E-state index is 13.2. The van der Waals surface area contributed by atoms with Gasteiger partial charge in [-0.2, -0.15) is 0 Å². The molecule has 0 unspecified atom stereocenters. The Morgan fingerprint density at radius 3 is 2.41 bits per heavy atom. The highest BCUT2D eigenvalue weighted by Crippen LogP contribution is 2.48. The van der Waals surface area contributed by atoms with Crippen molar-refractivity contribution in [2.45, 2.75) is 26.2 Å². The summed E-state index contributed by atoms with van der Waals surface area (Å²) in [6.45, 7) is 3.84. The fraction of sp³-hybridized carbons (Fsp3) is 0.286. The van der Waals surface area contributed by atoms with Crippen molar-refractivity contribution in [3.8, 4) is 5.75 Å². The molecule has 138 valence electrons. The molecular weight excluding hydrogens is 410 g/mol. The molecule has 0 aliphatic carbocycles. The summed E-state index contributed by atoms with van der Waals surface area (Å²) in [6, 6.07) is 12.5. The van der Waals surface area contributed by atoms with Crippen LogP contribution in [-0.2, 0) is 14.4 Å². The molecule has 0 saturated carbocycles. The fourth-order valence-corrected chi connectivity index (χ4v) is 4.40. The molecule has 0 radical (unpaired) electrons. The summed E-state index contributed by atoms with van der Waals surface area (Å²) in [5.74, 6) is -2.96. The zero-order valence-corrected chi connectivity index (χ0v) is 16.5. The van der Waals surface area contributed by atoms with E-state index in [9.17, 15) is 14.4 Å². The molecule has 4 rings (SSSR count). The molecule has 0 N–H and O–H groups in total. The van der Waals surface area contributed by atoms with Gasteiger partial charge in [0.05, 0.1) is 5.69 Å². The number of piperidine rings is 1. The van der Waals surface area contributed by atoms with Crippen molar-refractivity contribution in [1.29, 1.82) is 0 Å². The lowest BCUT2D eigenvalue weighted by Crippen LogP contribution is -2.57. The molecule has 2 heterocycles. The number of anilines is 1. The summed E-state index contributed by atoms with van der Waals surface area (Å²) in [5, 5.41) is 0. The first-order valence-electron chi connectivity index (χ1n) is 8.88. The van der Waals surface area contributed by atoms with Crippen LogP contribution < -0.4 is 9.64 Å². The minimum absolute atomic E-state index is 0.270. The van der Waals surface area contributed by atoms with Gasteiger partial charge in [-0.1, -0.05) is 40.5 Å². The van der Waals surface area contributed by atoms with E-state index in [4.69, 9.17) is 4.74 Å². The number of aryl methyl sites for hydroxylation is 1. The van der Waals surface area contributed by atoms with Gasteiger partial charge in [-0.05, 0) is 43.7 Å². The summed E-state index contributed by atoms with van der Waals surface area (Å²) in [7, 11) is 0. The Labute approximate surface area is 165 Å². The predicted molar refractivity (Wildman–Crippen MR) is 103 cm³/mol. The number of fused-ring (bicyclic) bond motifs is 3. The third-order valence-corrected chi connectivity index (χ3v) is 5.84. The fourth-order valence-electron chi connectivity index (χ4n) is 4.02. The van der Waals surface area contributed by atoms with E-state index in [1.165, 1.54) is 0 Å². The Balaban J connectivity index is 1.85. The largest absolute Gasteiger partial charge is 0.426 e. The molecule has 1 fully saturated rings. The number of benzene rings is 2. The van der Waals surface area contributed by atoms with Gasteiger partial charge in [0.15, 0.2) is 0 Å². The van der Waals surface area contributed by atoms with Crippen LogP contribution in [0.4, 0.5) is 5.69 Å². The van der Waals surface area contributed by atoms with Gasteiger partial charge in [0, 0.05) is 21.9 Å². The SMILES string of the molecule is CC[C@@H]1C(=O)N(c2ccc(C)cc2)C(=O)[C@H]2C(=O)Oc3ccc(Br)cc3[C@@H]21. The molecule has 2 aliphatic rings. The van der Waals surface area contributed by atoms with Crippen LogP contribution in [0, 0.1) is 18.8 Å². The number of carbonyl (C=O) groups is 3. The molecular formula is C21H18BrNO4. The van der Waals surface area contributed by atoms with Gasteiger partial charge in [-0.25, -0.2) is 4.90 Å². The van der Waals surface area contributed by atoms with Crippen molar-refractivity contribution >= 4 is 39.4 Å². The van der Waals surface area contributed by atoms with Crippen molar-refractivity contribution in [2.24, 2.45) is 11.8 Å². The van der Waals surface area contributed by atoms with E-state index in [1.807, 2.05) is 32.0 Å².